The van der Waals surface area contributed by atoms with E-state index in [9.17, 15) is 0 Å². The number of H-pyrrole nitrogens is 1. The molecule has 1 fully saturated rings. The van der Waals surface area contributed by atoms with Gasteiger partial charge in [-0.3, -0.25) is 0 Å². The molecular weight excluding hydrogens is 388 g/mol. The number of hydrogen-bond acceptors (Lipinski definition) is 5. The number of aromatic nitrogens is 2. The summed E-state index contributed by atoms with van der Waals surface area (Å²) in [6.45, 7) is 4.47. The summed E-state index contributed by atoms with van der Waals surface area (Å²) in [6.07, 6.45) is 7.31. The van der Waals surface area contributed by atoms with Crippen molar-refractivity contribution in [3.8, 4) is 16.9 Å². The number of methoxy groups -OCH3 is 1. The first-order valence-electron chi connectivity index (χ1n) is 11.2. The smallest absolute Gasteiger partial charge is 0.138 e. The fourth-order valence-electron chi connectivity index (χ4n) is 4.54. The highest BCUT2D eigenvalue weighted by Gasteiger charge is 2.17. The minimum Gasteiger partial charge on any atom is -0.496 e. The van der Waals surface area contributed by atoms with E-state index in [0.717, 1.165) is 85.7 Å². The van der Waals surface area contributed by atoms with Gasteiger partial charge >= 0.3 is 0 Å². The van der Waals surface area contributed by atoms with Crippen LogP contribution >= 0.6 is 0 Å². The van der Waals surface area contributed by atoms with Crippen molar-refractivity contribution in [2.75, 3.05) is 33.4 Å². The Morgan fingerprint density at radius 1 is 1.16 bits per heavy atom. The van der Waals surface area contributed by atoms with Gasteiger partial charge < -0.3 is 25.1 Å². The van der Waals surface area contributed by atoms with Crippen molar-refractivity contribution in [2.24, 2.45) is 0 Å². The molecule has 2 aliphatic heterocycles. The molecular formula is C25H30N4O2. The summed E-state index contributed by atoms with van der Waals surface area (Å²) >= 11 is 0. The van der Waals surface area contributed by atoms with Crippen LogP contribution in [-0.4, -0.2) is 49.4 Å². The number of fused-ring (bicyclic) bond motifs is 1. The number of ether oxygens (including phenoxy) is 2. The van der Waals surface area contributed by atoms with Gasteiger partial charge in [0.05, 0.1) is 7.11 Å². The van der Waals surface area contributed by atoms with Crippen molar-refractivity contribution in [2.45, 2.75) is 31.8 Å². The summed E-state index contributed by atoms with van der Waals surface area (Å²) in [7, 11) is 1.74. The number of rotatable bonds is 6. The van der Waals surface area contributed by atoms with Crippen LogP contribution in [0.4, 0.5) is 0 Å². The van der Waals surface area contributed by atoms with Crippen molar-refractivity contribution in [1.82, 2.24) is 20.6 Å². The molecule has 0 spiro atoms. The highest BCUT2D eigenvalue weighted by Crippen LogP contribution is 2.36. The van der Waals surface area contributed by atoms with Gasteiger partial charge in [0.2, 0.25) is 0 Å². The fraction of sp³-hybridized carbons (Fsp3) is 0.400. The third-order valence-corrected chi connectivity index (χ3v) is 6.31. The van der Waals surface area contributed by atoms with Gasteiger partial charge in [0.15, 0.2) is 0 Å². The molecule has 1 aromatic carbocycles. The Bertz CT molecular complexity index is 1080. The maximum Gasteiger partial charge on any atom is 0.138 e. The molecule has 2 aliphatic rings. The summed E-state index contributed by atoms with van der Waals surface area (Å²) < 4.78 is 11.2. The van der Waals surface area contributed by atoms with E-state index < -0.39 is 0 Å². The molecule has 0 radical (unpaired) electrons. The Labute approximate surface area is 183 Å². The highest BCUT2D eigenvalue weighted by molar-refractivity contribution is 5.96. The number of nitrogens with one attached hydrogen (secondary N) is 3. The van der Waals surface area contributed by atoms with E-state index >= 15 is 0 Å². The fourth-order valence-corrected chi connectivity index (χ4v) is 4.54. The molecule has 3 aromatic rings. The minimum atomic E-state index is 0.525. The molecule has 4 heterocycles. The van der Waals surface area contributed by atoms with E-state index in [2.05, 4.69) is 57.0 Å². The van der Waals surface area contributed by atoms with Crippen LogP contribution in [0.3, 0.4) is 0 Å². The Hall–Kier alpha value is -2.67. The van der Waals surface area contributed by atoms with E-state index in [-0.39, 0.29) is 0 Å². The first-order chi connectivity index (χ1) is 15.3. The third-order valence-electron chi connectivity index (χ3n) is 6.31. The second-order valence-corrected chi connectivity index (χ2v) is 8.29. The standard InChI is InChI=1S/C25H30N4O2/c1-30-24-3-2-17(16-28-19-7-12-31-13-8-19)14-21(24)20-6-11-27-25-22(20)15-23(29-25)18-4-9-26-10-5-18/h2-4,6,11,14-15,19,26,28H,5,7-10,12-13,16H2,1H3,(H,27,29). The highest BCUT2D eigenvalue weighted by atomic mass is 16.5. The van der Waals surface area contributed by atoms with Crippen LogP contribution in [0.2, 0.25) is 0 Å². The number of benzene rings is 1. The molecule has 1 saturated heterocycles. The van der Waals surface area contributed by atoms with E-state index in [1.54, 1.807) is 7.11 Å². The molecule has 0 atom stereocenters. The summed E-state index contributed by atoms with van der Waals surface area (Å²) in [4.78, 5) is 8.12. The Kier molecular flexibility index (Phi) is 6.02. The average Bonchev–Trinajstić information content (AvgIpc) is 3.28. The molecule has 0 aliphatic carbocycles. The van der Waals surface area contributed by atoms with Gasteiger partial charge in [0.25, 0.3) is 0 Å². The van der Waals surface area contributed by atoms with Crippen molar-refractivity contribution >= 4 is 16.6 Å². The lowest BCUT2D eigenvalue weighted by atomic mass is 9.99. The predicted molar refractivity (Wildman–Crippen MR) is 124 cm³/mol. The van der Waals surface area contributed by atoms with Crippen LogP contribution < -0.4 is 15.4 Å². The zero-order valence-corrected chi connectivity index (χ0v) is 18.0. The lowest BCUT2D eigenvalue weighted by molar-refractivity contribution is 0.0776. The largest absolute Gasteiger partial charge is 0.496 e. The summed E-state index contributed by atoms with van der Waals surface area (Å²) in [5.41, 5.74) is 6.93. The molecule has 6 heteroatoms. The monoisotopic (exact) mass is 418 g/mol. The first kappa shape index (κ1) is 20.2. The molecule has 0 saturated carbocycles. The molecule has 2 aromatic heterocycles. The zero-order chi connectivity index (χ0) is 21.0. The van der Waals surface area contributed by atoms with Gasteiger partial charge in [-0.2, -0.15) is 0 Å². The van der Waals surface area contributed by atoms with Crippen LogP contribution in [0.5, 0.6) is 5.75 Å². The van der Waals surface area contributed by atoms with E-state index in [1.807, 2.05) is 6.20 Å². The van der Waals surface area contributed by atoms with E-state index in [0.29, 0.717) is 6.04 Å². The van der Waals surface area contributed by atoms with Crippen LogP contribution in [0.25, 0.3) is 27.7 Å². The van der Waals surface area contributed by atoms with Crippen LogP contribution in [0.15, 0.2) is 42.6 Å². The maximum absolute atomic E-state index is 5.73. The second-order valence-electron chi connectivity index (χ2n) is 8.29. The van der Waals surface area contributed by atoms with Crippen LogP contribution in [0, 0.1) is 0 Å². The first-order valence-corrected chi connectivity index (χ1v) is 11.2. The molecule has 162 valence electrons. The number of nitrogens with zero attached hydrogens (tertiary/aromatic N) is 1. The normalized spacial score (nSPS) is 17.6. The molecule has 5 rings (SSSR count). The lowest BCUT2D eigenvalue weighted by Gasteiger charge is -2.23. The van der Waals surface area contributed by atoms with Gasteiger partial charge in [-0.1, -0.05) is 12.1 Å². The topological polar surface area (TPSA) is 71.2 Å². The van der Waals surface area contributed by atoms with Crippen molar-refractivity contribution < 1.29 is 9.47 Å². The maximum atomic E-state index is 5.73. The van der Waals surface area contributed by atoms with Gasteiger partial charge in [-0.25, -0.2) is 4.98 Å². The summed E-state index contributed by atoms with van der Waals surface area (Å²) in [5, 5.41) is 8.19. The van der Waals surface area contributed by atoms with Crippen molar-refractivity contribution in [3.05, 3.63) is 53.9 Å². The molecule has 0 unspecified atom stereocenters. The molecule has 0 bridgehead atoms. The Morgan fingerprint density at radius 2 is 2.06 bits per heavy atom. The minimum absolute atomic E-state index is 0.525. The Morgan fingerprint density at radius 3 is 2.87 bits per heavy atom. The Balaban J connectivity index is 1.47. The quantitative estimate of drug-likeness (QED) is 0.567. The van der Waals surface area contributed by atoms with Crippen LogP contribution in [0.1, 0.15) is 30.5 Å². The zero-order valence-electron chi connectivity index (χ0n) is 18.0. The molecule has 3 N–H and O–H groups in total. The third kappa shape index (κ3) is 4.37. The lowest BCUT2D eigenvalue weighted by Crippen LogP contribution is -2.34. The molecule has 31 heavy (non-hydrogen) atoms. The molecule has 6 nitrogen and oxygen atoms in total. The van der Waals surface area contributed by atoms with Gasteiger partial charge in [-0.15, -0.1) is 0 Å². The SMILES string of the molecule is COc1ccc(CNC2CCOCC2)cc1-c1ccnc2[nH]c(C3=CCNCC3)cc12. The van der Waals surface area contributed by atoms with Gasteiger partial charge in [0, 0.05) is 55.2 Å². The number of hydrogen-bond donors (Lipinski definition) is 3. The summed E-state index contributed by atoms with van der Waals surface area (Å²) in [6, 6.07) is 11.3. The van der Waals surface area contributed by atoms with E-state index in [1.165, 1.54) is 11.1 Å². The second kappa shape index (κ2) is 9.22. The average molecular weight is 419 g/mol. The van der Waals surface area contributed by atoms with Gasteiger partial charge in [-0.05, 0) is 66.8 Å². The number of pyridine rings is 1. The number of aromatic amines is 1. The van der Waals surface area contributed by atoms with Crippen molar-refractivity contribution in [1.29, 1.82) is 0 Å². The summed E-state index contributed by atoms with van der Waals surface area (Å²) in [5.74, 6) is 0.881. The van der Waals surface area contributed by atoms with Crippen LogP contribution in [-0.2, 0) is 11.3 Å². The molecule has 0 amide bonds. The van der Waals surface area contributed by atoms with E-state index in [4.69, 9.17) is 9.47 Å². The van der Waals surface area contributed by atoms with Crippen molar-refractivity contribution in [3.63, 3.8) is 0 Å². The predicted octanol–water partition coefficient (Wildman–Crippen LogP) is 3.88. The van der Waals surface area contributed by atoms with Gasteiger partial charge in [0.1, 0.15) is 11.4 Å².